The normalized spacial score (nSPS) is 20.4. The van der Waals surface area contributed by atoms with E-state index in [2.05, 4.69) is 18.0 Å². The first kappa shape index (κ1) is 20.0. The molecule has 0 bridgehead atoms. The number of nitriles is 1. The van der Waals surface area contributed by atoms with Gasteiger partial charge in [0.25, 0.3) is 5.91 Å². The van der Waals surface area contributed by atoms with E-state index in [9.17, 15) is 10.1 Å². The highest BCUT2D eigenvalue weighted by Crippen LogP contribution is 2.45. The molecule has 5 nitrogen and oxygen atoms in total. The van der Waals surface area contributed by atoms with Gasteiger partial charge in [0.1, 0.15) is 5.82 Å². The van der Waals surface area contributed by atoms with Crippen LogP contribution in [0.25, 0.3) is 0 Å². The average molecular weight is 421 g/mol. The zero-order chi connectivity index (χ0) is 21.8. The molecule has 7 heteroatoms. The zero-order valence-electron chi connectivity index (χ0n) is 17.0. The fourth-order valence-corrected chi connectivity index (χ4v) is 4.62. The largest absolute Gasteiger partial charge is 0.348 e. The summed E-state index contributed by atoms with van der Waals surface area (Å²) in [6.07, 6.45) is 0.625. The number of aryl methyl sites for hydroxylation is 1. The van der Waals surface area contributed by atoms with E-state index < -0.39 is 11.4 Å². The van der Waals surface area contributed by atoms with Crippen LogP contribution in [-0.2, 0) is 6.54 Å². The van der Waals surface area contributed by atoms with Gasteiger partial charge in [-0.2, -0.15) is 5.26 Å². The maximum Gasteiger partial charge on any atom is 0.251 e. The molecule has 1 N–H and O–H groups in total. The molecule has 2 aliphatic rings. The van der Waals surface area contributed by atoms with Crippen LogP contribution in [-0.4, -0.2) is 16.6 Å². The summed E-state index contributed by atoms with van der Waals surface area (Å²) in [5, 5.41) is 12.3. The average Bonchev–Trinajstić information content (AvgIpc) is 3.16. The number of amides is 1. The van der Waals surface area contributed by atoms with E-state index in [1.807, 2.05) is 37.8 Å². The summed E-state index contributed by atoms with van der Waals surface area (Å²) < 4.78 is 15.2. The predicted octanol–water partition coefficient (Wildman–Crippen LogP) is 4.54. The van der Waals surface area contributed by atoms with Gasteiger partial charge in [-0.15, -0.1) is 0 Å². The molecule has 0 saturated carbocycles. The minimum atomic E-state index is -0.678. The third-order valence-corrected chi connectivity index (χ3v) is 6.51. The lowest BCUT2D eigenvalue weighted by Gasteiger charge is -2.34. The smallest absolute Gasteiger partial charge is 0.251 e. The van der Waals surface area contributed by atoms with Gasteiger partial charge in [-0.3, -0.25) is 9.69 Å². The van der Waals surface area contributed by atoms with Crippen LogP contribution >= 0.6 is 12.2 Å². The number of halogens is 1. The second-order valence-corrected chi connectivity index (χ2v) is 8.15. The summed E-state index contributed by atoms with van der Waals surface area (Å²) in [7, 11) is 0. The Labute approximate surface area is 180 Å². The van der Waals surface area contributed by atoms with Crippen molar-refractivity contribution in [2.75, 3.05) is 9.80 Å². The monoisotopic (exact) mass is 420 g/mol. The Morgan fingerprint density at radius 2 is 2.10 bits per heavy atom. The van der Waals surface area contributed by atoms with Crippen LogP contribution in [0.4, 0.5) is 15.8 Å². The topological polar surface area (TPSA) is 59.4 Å². The van der Waals surface area contributed by atoms with Crippen molar-refractivity contribution >= 4 is 34.6 Å². The molecule has 2 aromatic rings. The van der Waals surface area contributed by atoms with Crippen molar-refractivity contribution < 1.29 is 9.18 Å². The van der Waals surface area contributed by atoms with Gasteiger partial charge < -0.3 is 10.2 Å². The minimum absolute atomic E-state index is 0.215. The van der Waals surface area contributed by atoms with E-state index in [-0.39, 0.29) is 11.6 Å². The van der Waals surface area contributed by atoms with Gasteiger partial charge in [0.15, 0.2) is 5.11 Å². The summed E-state index contributed by atoms with van der Waals surface area (Å²) in [5.41, 5.74) is 3.57. The summed E-state index contributed by atoms with van der Waals surface area (Å²) in [6, 6.07) is 10.6. The van der Waals surface area contributed by atoms with E-state index in [0.29, 0.717) is 40.5 Å². The van der Waals surface area contributed by atoms with Crippen LogP contribution in [0.2, 0.25) is 0 Å². The lowest BCUT2D eigenvalue weighted by molar-refractivity contribution is 0.0965. The van der Waals surface area contributed by atoms with Crippen LogP contribution in [0.15, 0.2) is 42.6 Å². The number of nitrogens with one attached hydrogen (secondary N) is 1. The van der Waals surface area contributed by atoms with Crippen molar-refractivity contribution in [1.29, 1.82) is 5.26 Å². The number of carbonyl (C=O) groups is 1. The van der Waals surface area contributed by atoms with Crippen LogP contribution in [0.1, 0.15) is 47.3 Å². The number of hydrogen-bond acceptors (Lipinski definition) is 3. The van der Waals surface area contributed by atoms with E-state index in [1.165, 1.54) is 6.07 Å². The van der Waals surface area contributed by atoms with Gasteiger partial charge >= 0.3 is 0 Å². The molecular formula is C23H21FN4OS. The van der Waals surface area contributed by atoms with Crippen molar-refractivity contribution in [1.82, 2.24) is 5.32 Å². The van der Waals surface area contributed by atoms with Gasteiger partial charge in [0.2, 0.25) is 0 Å². The van der Waals surface area contributed by atoms with Crippen molar-refractivity contribution in [2.24, 2.45) is 0 Å². The Morgan fingerprint density at radius 1 is 1.37 bits per heavy atom. The second kappa shape index (κ2) is 6.92. The molecule has 152 valence electrons. The van der Waals surface area contributed by atoms with Gasteiger partial charge in [0.05, 0.1) is 22.9 Å². The van der Waals surface area contributed by atoms with Crippen molar-refractivity contribution in [3.8, 4) is 6.07 Å². The van der Waals surface area contributed by atoms with Crippen molar-refractivity contribution in [3.05, 3.63) is 70.7 Å². The first-order valence-corrected chi connectivity index (χ1v) is 10.1. The molecule has 1 unspecified atom stereocenters. The number of fused-ring (bicyclic) bond motifs is 1. The fraction of sp³-hybridized carbons (Fsp3) is 0.261. The zero-order valence-corrected chi connectivity index (χ0v) is 17.9. The Kier molecular flexibility index (Phi) is 4.63. The summed E-state index contributed by atoms with van der Waals surface area (Å²) in [6.45, 7) is 10.4. The summed E-state index contributed by atoms with van der Waals surface area (Å²) in [5.74, 6) is -0.647. The number of rotatable bonds is 3. The third kappa shape index (κ3) is 2.71. The second-order valence-electron chi connectivity index (χ2n) is 7.78. The minimum Gasteiger partial charge on any atom is -0.348 e. The van der Waals surface area contributed by atoms with E-state index in [0.717, 1.165) is 11.3 Å². The molecule has 2 aliphatic heterocycles. The number of hydrogen-bond donors (Lipinski definition) is 1. The summed E-state index contributed by atoms with van der Waals surface area (Å²) >= 11 is 5.80. The number of thiocarbonyl (C=S) groups is 1. The Balaban J connectivity index is 1.86. The highest BCUT2D eigenvalue weighted by atomic mass is 32.1. The van der Waals surface area contributed by atoms with Gasteiger partial charge in [-0.25, -0.2) is 4.39 Å². The quantitative estimate of drug-likeness (QED) is 0.739. The molecule has 1 atom stereocenters. The van der Waals surface area contributed by atoms with Crippen LogP contribution in [0, 0.1) is 24.1 Å². The third-order valence-electron chi connectivity index (χ3n) is 6.14. The van der Waals surface area contributed by atoms with Gasteiger partial charge in [-0.1, -0.05) is 13.5 Å². The molecule has 0 radical (unpaired) electrons. The van der Waals surface area contributed by atoms with Crippen LogP contribution in [0.3, 0.4) is 0 Å². The Morgan fingerprint density at radius 3 is 2.73 bits per heavy atom. The maximum absolute atomic E-state index is 15.2. The first-order chi connectivity index (χ1) is 14.2. The maximum atomic E-state index is 15.2. The number of anilines is 2. The van der Waals surface area contributed by atoms with Gasteiger partial charge in [-0.05, 0) is 73.9 Å². The van der Waals surface area contributed by atoms with Crippen LogP contribution < -0.4 is 15.1 Å². The van der Waals surface area contributed by atoms with E-state index in [1.54, 1.807) is 17.0 Å². The number of benzene rings is 2. The molecule has 4 rings (SSSR count). The molecule has 30 heavy (non-hydrogen) atoms. The molecule has 0 aromatic heterocycles. The highest BCUT2D eigenvalue weighted by molar-refractivity contribution is 7.80. The lowest BCUT2D eigenvalue weighted by Crippen LogP contribution is -2.44. The Bertz CT molecular complexity index is 1170. The van der Waals surface area contributed by atoms with Crippen molar-refractivity contribution in [3.63, 3.8) is 0 Å². The molecule has 2 heterocycles. The van der Waals surface area contributed by atoms with Gasteiger partial charge in [0, 0.05) is 23.5 Å². The van der Waals surface area contributed by atoms with E-state index in [4.69, 9.17) is 12.2 Å². The Hall–Kier alpha value is -3.24. The molecule has 1 saturated heterocycles. The van der Waals surface area contributed by atoms with Crippen LogP contribution in [0.5, 0.6) is 0 Å². The highest BCUT2D eigenvalue weighted by Gasteiger charge is 2.49. The molecular weight excluding hydrogens is 399 g/mol. The number of carbonyl (C=O) groups excluding carboxylic acids is 1. The number of nitrogens with zero attached hydrogens (tertiary/aromatic N) is 3. The molecule has 1 amide bonds. The summed E-state index contributed by atoms with van der Waals surface area (Å²) in [4.78, 5) is 15.7. The molecule has 2 aromatic carbocycles. The molecule has 0 spiro atoms. The standard InChI is InChI=1S/C23H21FN4OS/c1-5-23(4)14(3)27(17-7-6-15(11-25)13(2)8-17)22(30)28(23)20-10-18-16(9-19(20)24)12-26-21(18)29/h6-10H,3,5,12H2,1-2,4H3,(H,26,29). The predicted molar refractivity (Wildman–Crippen MR) is 119 cm³/mol. The molecule has 1 fully saturated rings. The lowest BCUT2D eigenvalue weighted by atomic mass is 9.93. The first-order valence-electron chi connectivity index (χ1n) is 9.68. The molecule has 0 aliphatic carbocycles. The fourth-order valence-electron chi connectivity index (χ4n) is 4.11. The SMILES string of the molecule is C=C1N(c2ccc(C#N)c(C)c2)C(=S)N(c2cc3c(cc2F)CNC3=O)C1(C)CC. The van der Waals surface area contributed by atoms with E-state index >= 15 is 4.39 Å². The van der Waals surface area contributed by atoms with Crippen molar-refractivity contribution in [2.45, 2.75) is 39.3 Å².